The number of carbonyl (C=O) groups is 2. The molecule has 1 aromatic rings. The molecule has 0 aliphatic heterocycles. The zero-order valence-corrected chi connectivity index (χ0v) is 18.1. The summed E-state index contributed by atoms with van der Waals surface area (Å²) in [5.74, 6) is 0.105. The van der Waals surface area contributed by atoms with Gasteiger partial charge in [-0.25, -0.2) is 0 Å². The fourth-order valence-electron chi connectivity index (χ4n) is 3.09. The van der Waals surface area contributed by atoms with E-state index in [1.807, 2.05) is 26.0 Å². The molecular formula is C24H38O4. The molecule has 4 heteroatoms. The first-order valence-corrected chi connectivity index (χ1v) is 11.1. The Bertz CT molecular complexity index is 580. The summed E-state index contributed by atoms with van der Waals surface area (Å²) in [6.07, 6.45) is 13.3. The van der Waals surface area contributed by atoms with Gasteiger partial charge in [0.25, 0.3) is 0 Å². The van der Waals surface area contributed by atoms with E-state index in [0.717, 1.165) is 31.2 Å². The predicted molar refractivity (Wildman–Crippen MR) is 114 cm³/mol. The molecule has 4 nitrogen and oxygen atoms in total. The van der Waals surface area contributed by atoms with Crippen molar-refractivity contribution in [2.75, 3.05) is 0 Å². The highest BCUT2D eigenvalue weighted by atomic mass is 16.6. The lowest BCUT2D eigenvalue weighted by atomic mass is 10.0. The molecule has 0 unspecified atom stereocenters. The summed E-state index contributed by atoms with van der Waals surface area (Å²) in [4.78, 5) is 23.8. The molecule has 0 aliphatic rings. The second kappa shape index (κ2) is 15.1. The summed E-state index contributed by atoms with van der Waals surface area (Å²) in [7, 11) is 0. The van der Waals surface area contributed by atoms with Gasteiger partial charge >= 0.3 is 11.9 Å². The summed E-state index contributed by atoms with van der Waals surface area (Å²) < 4.78 is 10.9. The third-order valence-electron chi connectivity index (χ3n) is 4.68. The zero-order chi connectivity index (χ0) is 20.6. The molecule has 0 fully saturated rings. The lowest BCUT2D eigenvalue weighted by Crippen LogP contribution is -2.12. The number of benzene rings is 1. The van der Waals surface area contributed by atoms with Crippen LogP contribution in [0.4, 0.5) is 0 Å². The normalized spacial score (nSPS) is 10.7. The van der Waals surface area contributed by atoms with Crippen molar-refractivity contribution in [3.05, 3.63) is 23.8 Å². The Hall–Kier alpha value is -1.84. The van der Waals surface area contributed by atoms with E-state index < -0.39 is 0 Å². The fraction of sp³-hybridized carbons (Fsp3) is 0.667. The van der Waals surface area contributed by atoms with Crippen molar-refractivity contribution >= 4 is 11.9 Å². The van der Waals surface area contributed by atoms with Crippen molar-refractivity contribution < 1.29 is 19.1 Å². The van der Waals surface area contributed by atoms with Crippen LogP contribution in [-0.2, 0) is 16.0 Å². The van der Waals surface area contributed by atoms with Gasteiger partial charge in [-0.3, -0.25) is 9.59 Å². The third-order valence-corrected chi connectivity index (χ3v) is 4.68. The average Bonchev–Trinajstić information content (AvgIpc) is 2.66. The molecular weight excluding hydrogens is 352 g/mol. The van der Waals surface area contributed by atoms with Crippen LogP contribution in [0.1, 0.15) is 103 Å². The van der Waals surface area contributed by atoms with Gasteiger partial charge in [-0.2, -0.15) is 0 Å². The maximum Gasteiger partial charge on any atom is 0.311 e. The van der Waals surface area contributed by atoms with Gasteiger partial charge in [0.05, 0.1) is 0 Å². The van der Waals surface area contributed by atoms with Crippen LogP contribution < -0.4 is 9.47 Å². The van der Waals surface area contributed by atoms with Crippen molar-refractivity contribution in [1.29, 1.82) is 0 Å². The molecule has 0 spiro atoms. The molecule has 0 aromatic heterocycles. The first kappa shape index (κ1) is 24.2. The molecule has 0 saturated heterocycles. The van der Waals surface area contributed by atoms with E-state index in [-0.39, 0.29) is 11.9 Å². The molecule has 158 valence electrons. The van der Waals surface area contributed by atoms with Gasteiger partial charge in [0.1, 0.15) is 0 Å². The number of aryl methyl sites for hydroxylation is 1. The number of hydrogen-bond acceptors (Lipinski definition) is 4. The van der Waals surface area contributed by atoms with E-state index in [4.69, 9.17) is 9.47 Å². The van der Waals surface area contributed by atoms with Gasteiger partial charge in [0, 0.05) is 12.8 Å². The van der Waals surface area contributed by atoms with Crippen LogP contribution in [0.3, 0.4) is 0 Å². The van der Waals surface area contributed by atoms with Crippen LogP contribution in [0.25, 0.3) is 0 Å². The highest BCUT2D eigenvalue weighted by molar-refractivity contribution is 5.76. The zero-order valence-electron chi connectivity index (χ0n) is 18.1. The number of ether oxygens (including phenoxy) is 2. The summed E-state index contributed by atoms with van der Waals surface area (Å²) in [6, 6.07) is 5.57. The minimum Gasteiger partial charge on any atom is -0.423 e. The van der Waals surface area contributed by atoms with Crippen molar-refractivity contribution in [2.24, 2.45) is 0 Å². The average molecular weight is 391 g/mol. The first-order chi connectivity index (χ1) is 13.6. The van der Waals surface area contributed by atoms with E-state index in [1.54, 1.807) is 6.07 Å². The Morgan fingerprint density at radius 3 is 1.79 bits per heavy atom. The molecule has 0 amide bonds. The van der Waals surface area contributed by atoms with Crippen LogP contribution in [0, 0.1) is 0 Å². The molecule has 1 aromatic carbocycles. The van der Waals surface area contributed by atoms with Gasteiger partial charge in [-0.05, 0) is 43.4 Å². The minimum absolute atomic E-state index is 0.292. The SMILES string of the molecule is CCCCCCCCCCc1ccc(OC(=O)CCC)c(OC(=O)CCC)c1. The standard InChI is InChI=1S/C24H38O4/c1-4-7-8-9-10-11-12-13-16-20-17-18-21(27-23(25)14-5-2)22(19-20)28-24(26)15-6-3/h17-19H,4-16H2,1-3H3. The first-order valence-electron chi connectivity index (χ1n) is 11.1. The Labute approximate surface area is 171 Å². The quantitative estimate of drug-likeness (QED) is 0.188. The van der Waals surface area contributed by atoms with Gasteiger partial charge in [0.15, 0.2) is 11.5 Å². The van der Waals surface area contributed by atoms with Crippen molar-refractivity contribution in [3.8, 4) is 11.5 Å². The lowest BCUT2D eigenvalue weighted by Gasteiger charge is -2.12. The highest BCUT2D eigenvalue weighted by Gasteiger charge is 2.14. The van der Waals surface area contributed by atoms with Crippen LogP contribution in [0.2, 0.25) is 0 Å². The maximum atomic E-state index is 11.9. The third kappa shape index (κ3) is 10.5. The largest absolute Gasteiger partial charge is 0.423 e. The Balaban J connectivity index is 2.59. The van der Waals surface area contributed by atoms with Crippen LogP contribution in [0.15, 0.2) is 18.2 Å². The van der Waals surface area contributed by atoms with Crippen molar-refractivity contribution in [1.82, 2.24) is 0 Å². The fourth-order valence-corrected chi connectivity index (χ4v) is 3.09. The molecule has 0 heterocycles. The molecule has 0 saturated carbocycles. The van der Waals surface area contributed by atoms with E-state index in [9.17, 15) is 9.59 Å². The topological polar surface area (TPSA) is 52.6 Å². The smallest absolute Gasteiger partial charge is 0.311 e. The molecule has 28 heavy (non-hydrogen) atoms. The maximum absolute atomic E-state index is 11.9. The van der Waals surface area contributed by atoms with Gasteiger partial charge in [-0.15, -0.1) is 0 Å². The summed E-state index contributed by atoms with van der Waals surface area (Å²) in [5, 5.41) is 0. The van der Waals surface area contributed by atoms with Gasteiger partial charge < -0.3 is 9.47 Å². The van der Waals surface area contributed by atoms with Gasteiger partial charge in [-0.1, -0.05) is 71.8 Å². The second-order valence-corrected chi connectivity index (χ2v) is 7.45. The molecule has 0 N–H and O–H groups in total. The molecule has 0 radical (unpaired) electrons. The van der Waals surface area contributed by atoms with Crippen molar-refractivity contribution in [3.63, 3.8) is 0 Å². The lowest BCUT2D eigenvalue weighted by molar-refractivity contribution is -0.137. The monoisotopic (exact) mass is 390 g/mol. The van der Waals surface area contributed by atoms with E-state index in [1.165, 1.54) is 44.9 Å². The predicted octanol–water partition coefficient (Wildman–Crippen LogP) is 6.78. The number of rotatable bonds is 15. The van der Waals surface area contributed by atoms with Crippen LogP contribution >= 0.6 is 0 Å². The van der Waals surface area contributed by atoms with Gasteiger partial charge in [0.2, 0.25) is 0 Å². The Kier molecular flexibility index (Phi) is 13.1. The van der Waals surface area contributed by atoms with E-state index in [2.05, 4.69) is 6.92 Å². The second-order valence-electron chi connectivity index (χ2n) is 7.45. The highest BCUT2D eigenvalue weighted by Crippen LogP contribution is 2.30. The number of unbranched alkanes of at least 4 members (excludes halogenated alkanes) is 7. The Morgan fingerprint density at radius 2 is 1.21 bits per heavy atom. The minimum atomic E-state index is -0.300. The summed E-state index contributed by atoms with van der Waals surface area (Å²) >= 11 is 0. The number of carbonyl (C=O) groups excluding carboxylic acids is 2. The summed E-state index contributed by atoms with van der Waals surface area (Å²) in [6.45, 7) is 6.10. The molecule has 0 atom stereocenters. The van der Waals surface area contributed by atoms with Crippen LogP contribution in [0.5, 0.6) is 11.5 Å². The molecule has 0 aliphatic carbocycles. The Morgan fingerprint density at radius 1 is 0.679 bits per heavy atom. The molecule has 1 rings (SSSR count). The summed E-state index contributed by atoms with van der Waals surface area (Å²) in [5.41, 5.74) is 1.11. The number of hydrogen-bond donors (Lipinski definition) is 0. The molecule has 0 bridgehead atoms. The van der Waals surface area contributed by atoms with E-state index in [0.29, 0.717) is 24.3 Å². The number of esters is 2. The van der Waals surface area contributed by atoms with Crippen molar-refractivity contribution in [2.45, 2.75) is 104 Å². The van der Waals surface area contributed by atoms with E-state index >= 15 is 0 Å². The van der Waals surface area contributed by atoms with Crippen LogP contribution in [-0.4, -0.2) is 11.9 Å².